The van der Waals surface area contributed by atoms with Gasteiger partial charge in [0, 0.05) is 38.8 Å². The molecule has 0 radical (unpaired) electrons. The molecule has 1 aliphatic heterocycles. The van der Waals surface area contributed by atoms with Crippen LogP contribution in [0.2, 0.25) is 0 Å². The Balaban J connectivity index is 1.86. The highest BCUT2D eigenvalue weighted by Gasteiger charge is 2.22. The van der Waals surface area contributed by atoms with E-state index in [2.05, 4.69) is 34.5 Å². The maximum absolute atomic E-state index is 12.1. The first-order valence-electron chi connectivity index (χ1n) is 8.33. The zero-order chi connectivity index (χ0) is 16.8. The van der Waals surface area contributed by atoms with E-state index in [4.69, 9.17) is 4.74 Å². The molecule has 0 spiro atoms. The number of aromatic nitrogens is 2. The van der Waals surface area contributed by atoms with Crippen molar-refractivity contribution in [3.05, 3.63) is 11.8 Å². The molecule has 0 saturated carbocycles. The highest BCUT2D eigenvalue weighted by Crippen LogP contribution is 2.13. The third kappa shape index (κ3) is 5.51. The maximum Gasteiger partial charge on any atom is 0.320 e. The van der Waals surface area contributed by atoms with Crippen molar-refractivity contribution in [1.82, 2.24) is 20.0 Å². The summed E-state index contributed by atoms with van der Waals surface area (Å²) >= 11 is 0. The largest absolute Gasteiger partial charge is 0.379 e. The Morgan fingerprint density at radius 3 is 2.65 bits per heavy atom. The molecule has 1 aromatic rings. The summed E-state index contributed by atoms with van der Waals surface area (Å²) in [6.07, 6.45) is 1.06. The number of amides is 2. The van der Waals surface area contributed by atoms with Gasteiger partial charge in [-0.05, 0) is 19.3 Å². The molecule has 0 unspecified atom stereocenters. The average molecular weight is 323 g/mol. The highest BCUT2D eigenvalue weighted by atomic mass is 16.5. The van der Waals surface area contributed by atoms with E-state index in [-0.39, 0.29) is 6.03 Å². The second-order valence-electron chi connectivity index (χ2n) is 6.56. The number of hydrogen-bond donors (Lipinski definition) is 2. The molecule has 0 aliphatic carbocycles. The van der Waals surface area contributed by atoms with Gasteiger partial charge in [-0.15, -0.1) is 0 Å². The van der Waals surface area contributed by atoms with Crippen molar-refractivity contribution in [2.75, 3.05) is 38.2 Å². The van der Waals surface area contributed by atoms with Gasteiger partial charge in [-0.2, -0.15) is 5.10 Å². The molecule has 23 heavy (non-hydrogen) atoms. The first-order valence-corrected chi connectivity index (χ1v) is 8.33. The fourth-order valence-corrected chi connectivity index (χ4v) is 2.95. The third-order valence-electron chi connectivity index (χ3n) is 4.05. The quantitative estimate of drug-likeness (QED) is 0.834. The van der Waals surface area contributed by atoms with Crippen molar-refractivity contribution in [1.29, 1.82) is 0 Å². The average Bonchev–Trinajstić information content (AvgIpc) is 2.81. The first kappa shape index (κ1) is 17.7. The zero-order valence-electron chi connectivity index (χ0n) is 14.6. The molecule has 1 aliphatic rings. The lowest BCUT2D eigenvalue weighted by Crippen LogP contribution is -2.49. The summed E-state index contributed by atoms with van der Waals surface area (Å²) in [7, 11) is 1.82. The fraction of sp³-hybridized carbons (Fsp3) is 0.750. The van der Waals surface area contributed by atoms with Crippen LogP contribution in [-0.4, -0.2) is 59.6 Å². The number of carbonyl (C=O) groups excluding carboxylic acids is 1. The Morgan fingerprint density at radius 2 is 2.09 bits per heavy atom. The summed E-state index contributed by atoms with van der Waals surface area (Å²) in [5.74, 6) is 1.29. The number of urea groups is 1. The van der Waals surface area contributed by atoms with Crippen LogP contribution < -0.4 is 10.6 Å². The minimum atomic E-state index is -0.185. The summed E-state index contributed by atoms with van der Waals surface area (Å²) in [6, 6.07) is 2.01. The van der Waals surface area contributed by atoms with Crippen LogP contribution in [0.1, 0.15) is 26.0 Å². The zero-order valence-corrected chi connectivity index (χ0v) is 14.6. The van der Waals surface area contributed by atoms with Crippen LogP contribution in [0.4, 0.5) is 10.6 Å². The number of anilines is 1. The highest BCUT2D eigenvalue weighted by molar-refractivity contribution is 5.88. The molecule has 1 saturated heterocycles. The molecule has 0 aromatic carbocycles. The molecule has 1 atom stereocenters. The molecule has 130 valence electrons. The standard InChI is InChI=1S/C16H29N5O2/c1-12(2)9-14(21-5-7-23-8-6-21)11-17-16(22)18-15-10-13(3)19-20(15)4/h10,12,14H,5-9,11H2,1-4H3,(H2,17,18,22)/t14-/m1/s1. The molecule has 2 rings (SSSR count). The molecular weight excluding hydrogens is 294 g/mol. The molecule has 7 heteroatoms. The molecule has 7 nitrogen and oxygen atoms in total. The van der Waals surface area contributed by atoms with E-state index in [0.717, 1.165) is 38.4 Å². The van der Waals surface area contributed by atoms with Crippen molar-refractivity contribution in [2.24, 2.45) is 13.0 Å². The second-order valence-corrected chi connectivity index (χ2v) is 6.56. The van der Waals surface area contributed by atoms with Crippen LogP contribution in [0.3, 0.4) is 0 Å². The van der Waals surface area contributed by atoms with Crippen LogP contribution in [0.25, 0.3) is 0 Å². The van der Waals surface area contributed by atoms with Gasteiger partial charge in [0.2, 0.25) is 0 Å². The summed E-state index contributed by atoms with van der Waals surface area (Å²) in [6.45, 7) is 10.4. The maximum atomic E-state index is 12.1. The smallest absolute Gasteiger partial charge is 0.320 e. The number of hydrogen-bond acceptors (Lipinski definition) is 4. The summed E-state index contributed by atoms with van der Waals surface area (Å²) in [5.41, 5.74) is 0.883. The number of morpholine rings is 1. The first-order chi connectivity index (χ1) is 11.0. The Bertz CT molecular complexity index is 509. The summed E-state index contributed by atoms with van der Waals surface area (Å²) in [5, 5.41) is 10.1. The third-order valence-corrected chi connectivity index (χ3v) is 4.05. The van der Waals surface area contributed by atoms with Crippen molar-refractivity contribution >= 4 is 11.8 Å². The van der Waals surface area contributed by atoms with Crippen LogP contribution in [0, 0.1) is 12.8 Å². The number of aryl methyl sites for hydroxylation is 2. The van der Waals surface area contributed by atoms with E-state index in [1.165, 1.54) is 0 Å². The van der Waals surface area contributed by atoms with E-state index in [1.807, 2.05) is 20.0 Å². The Labute approximate surface area is 138 Å². The van der Waals surface area contributed by atoms with Gasteiger partial charge in [0.1, 0.15) is 5.82 Å². The van der Waals surface area contributed by atoms with Gasteiger partial charge in [0.05, 0.1) is 18.9 Å². The van der Waals surface area contributed by atoms with Gasteiger partial charge in [0.25, 0.3) is 0 Å². The fourth-order valence-electron chi connectivity index (χ4n) is 2.95. The second kappa shape index (κ2) is 8.31. The van der Waals surface area contributed by atoms with Gasteiger partial charge >= 0.3 is 6.03 Å². The molecule has 2 amide bonds. The Morgan fingerprint density at radius 1 is 1.39 bits per heavy atom. The molecular formula is C16H29N5O2. The lowest BCUT2D eigenvalue weighted by Gasteiger charge is -2.35. The van der Waals surface area contributed by atoms with Gasteiger partial charge in [-0.25, -0.2) is 4.79 Å². The van der Waals surface area contributed by atoms with E-state index < -0.39 is 0 Å². The SMILES string of the molecule is Cc1cc(NC(=O)NC[C@@H](CC(C)C)N2CCOCC2)n(C)n1. The molecule has 1 fully saturated rings. The summed E-state index contributed by atoms with van der Waals surface area (Å²) < 4.78 is 7.09. The van der Waals surface area contributed by atoms with Crippen molar-refractivity contribution in [2.45, 2.75) is 33.2 Å². The minimum Gasteiger partial charge on any atom is -0.379 e. The molecule has 1 aromatic heterocycles. The Kier molecular flexibility index (Phi) is 6.41. The van der Waals surface area contributed by atoms with Gasteiger partial charge in [-0.3, -0.25) is 14.9 Å². The lowest BCUT2D eigenvalue weighted by atomic mass is 10.0. The van der Waals surface area contributed by atoms with Gasteiger partial charge in [-0.1, -0.05) is 13.8 Å². The predicted octanol–water partition coefficient (Wildman–Crippen LogP) is 1.60. The topological polar surface area (TPSA) is 71.4 Å². The van der Waals surface area contributed by atoms with Crippen molar-refractivity contribution in [3.8, 4) is 0 Å². The number of carbonyl (C=O) groups is 1. The van der Waals surface area contributed by atoms with Crippen molar-refractivity contribution in [3.63, 3.8) is 0 Å². The van der Waals surface area contributed by atoms with E-state index >= 15 is 0 Å². The predicted molar refractivity (Wildman–Crippen MR) is 90.6 cm³/mol. The van der Waals surface area contributed by atoms with Gasteiger partial charge < -0.3 is 10.1 Å². The van der Waals surface area contributed by atoms with E-state index in [9.17, 15) is 4.79 Å². The Hall–Kier alpha value is -1.60. The number of nitrogens with one attached hydrogen (secondary N) is 2. The van der Waals surface area contributed by atoms with Crippen LogP contribution in [0.15, 0.2) is 6.07 Å². The summed E-state index contributed by atoms with van der Waals surface area (Å²) in [4.78, 5) is 14.6. The number of rotatable bonds is 6. The molecule has 2 N–H and O–H groups in total. The van der Waals surface area contributed by atoms with Crippen molar-refractivity contribution < 1.29 is 9.53 Å². The number of ether oxygens (including phenoxy) is 1. The lowest BCUT2D eigenvalue weighted by molar-refractivity contribution is 0.0130. The minimum absolute atomic E-state index is 0.185. The normalized spacial score (nSPS) is 17.3. The molecule has 0 bridgehead atoms. The van der Waals surface area contributed by atoms with Gasteiger partial charge in [0.15, 0.2) is 0 Å². The monoisotopic (exact) mass is 323 g/mol. The van der Waals surface area contributed by atoms with Crippen LogP contribution in [-0.2, 0) is 11.8 Å². The number of nitrogens with zero attached hydrogens (tertiary/aromatic N) is 3. The van der Waals surface area contributed by atoms with E-state index in [1.54, 1.807) is 4.68 Å². The van der Waals surface area contributed by atoms with Crippen LogP contribution in [0.5, 0.6) is 0 Å². The van der Waals surface area contributed by atoms with E-state index in [0.29, 0.717) is 24.3 Å². The molecule has 2 heterocycles. The van der Waals surface area contributed by atoms with Crippen LogP contribution >= 0.6 is 0 Å².